The van der Waals surface area contributed by atoms with Crippen molar-refractivity contribution >= 4 is 0 Å². The summed E-state index contributed by atoms with van der Waals surface area (Å²) in [5.41, 5.74) is 0.109. The molecule has 1 fully saturated rings. The van der Waals surface area contributed by atoms with Gasteiger partial charge in [0.2, 0.25) is 0 Å². The molecule has 0 radical (unpaired) electrons. The van der Waals surface area contributed by atoms with Gasteiger partial charge in [-0.3, -0.25) is 0 Å². The third kappa shape index (κ3) is 4.13. The molecule has 0 aromatic heterocycles. The largest absolute Gasteiger partial charge is 0.573 e. The number of rotatable bonds is 3. The summed E-state index contributed by atoms with van der Waals surface area (Å²) in [4.78, 5) is 0. The first-order valence-corrected chi connectivity index (χ1v) is 6.33. The van der Waals surface area contributed by atoms with Gasteiger partial charge in [-0.2, -0.15) is 0 Å². The number of halogens is 3. The predicted molar refractivity (Wildman–Crippen MR) is 64.8 cm³/mol. The van der Waals surface area contributed by atoms with Gasteiger partial charge in [-0.1, -0.05) is 19.1 Å². The highest BCUT2D eigenvalue weighted by atomic mass is 19.4. The molecule has 0 saturated heterocycles. The van der Waals surface area contributed by atoms with E-state index >= 15 is 0 Å². The fourth-order valence-electron chi connectivity index (χ4n) is 2.72. The standard InChI is InChI=1S/C14H17F3O2/c1-10-6-7-13(18,8-10)9-11-2-4-12(5-3-11)19-14(15,16)17/h2-5,10,18H,6-9H2,1H3. The predicted octanol–water partition coefficient (Wildman–Crippen LogP) is 3.68. The summed E-state index contributed by atoms with van der Waals surface area (Å²) in [6, 6.07) is 5.71. The molecule has 2 unspecified atom stereocenters. The number of hydrogen-bond acceptors (Lipinski definition) is 2. The molecule has 0 spiro atoms. The minimum absolute atomic E-state index is 0.233. The smallest absolute Gasteiger partial charge is 0.406 e. The summed E-state index contributed by atoms with van der Waals surface area (Å²) in [5, 5.41) is 10.4. The van der Waals surface area contributed by atoms with Crippen LogP contribution in [-0.2, 0) is 6.42 Å². The summed E-state index contributed by atoms with van der Waals surface area (Å²) >= 11 is 0. The maximum absolute atomic E-state index is 12.0. The second-order valence-corrected chi connectivity index (χ2v) is 5.44. The molecule has 0 amide bonds. The van der Waals surface area contributed by atoms with E-state index in [1.165, 1.54) is 12.1 Å². The lowest BCUT2D eigenvalue weighted by Crippen LogP contribution is -2.27. The lowest BCUT2D eigenvalue weighted by molar-refractivity contribution is -0.274. The average molecular weight is 274 g/mol. The Morgan fingerprint density at radius 3 is 2.42 bits per heavy atom. The minimum Gasteiger partial charge on any atom is -0.406 e. The minimum atomic E-state index is -4.67. The lowest BCUT2D eigenvalue weighted by atomic mass is 9.92. The van der Waals surface area contributed by atoms with E-state index in [2.05, 4.69) is 11.7 Å². The summed E-state index contributed by atoms with van der Waals surface area (Å²) in [7, 11) is 0. The van der Waals surface area contributed by atoms with Crippen LogP contribution in [0, 0.1) is 5.92 Å². The van der Waals surface area contributed by atoms with Gasteiger partial charge in [-0.15, -0.1) is 13.2 Å². The Labute approximate surface area is 110 Å². The van der Waals surface area contributed by atoms with Gasteiger partial charge in [0.15, 0.2) is 0 Å². The fourth-order valence-corrected chi connectivity index (χ4v) is 2.72. The summed E-state index contributed by atoms with van der Waals surface area (Å²) in [6.07, 6.45) is -1.71. The van der Waals surface area contributed by atoms with Crippen LogP contribution in [0.4, 0.5) is 13.2 Å². The Bertz CT molecular complexity index is 427. The van der Waals surface area contributed by atoms with Crippen LogP contribution in [0.3, 0.4) is 0 Å². The van der Waals surface area contributed by atoms with Crippen LogP contribution < -0.4 is 4.74 Å². The van der Waals surface area contributed by atoms with E-state index < -0.39 is 12.0 Å². The fraction of sp³-hybridized carbons (Fsp3) is 0.571. The zero-order valence-corrected chi connectivity index (χ0v) is 10.7. The molecule has 0 aliphatic heterocycles. The molecular weight excluding hydrogens is 257 g/mol. The average Bonchev–Trinajstić information content (AvgIpc) is 2.59. The summed E-state index contributed by atoms with van der Waals surface area (Å²) in [6.45, 7) is 2.10. The molecular formula is C14H17F3O2. The molecule has 0 heterocycles. The number of ether oxygens (including phenoxy) is 1. The first-order valence-electron chi connectivity index (χ1n) is 6.33. The van der Waals surface area contributed by atoms with Gasteiger partial charge in [-0.25, -0.2) is 0 Å². The molecule has 2 atom stereocenters. The highest BCUT2D eigenvalue weighted by molar-refractivity contribution is 5.28. The molecule has 2 nitrogen and oxygen atoms in total. The number of hydrogen-bond donors (Lipinski definition) is 1. The quantitative estimate of drug-likeness (QED) is 0.911. The van der Waals surface area contributed by atoms with Crippen molar-refractivity contribution in [3.63, 3.8) is 0 Å². The van der Waals surface area contributed by atoms with E-state index in [4.69, 9.17) is 0 Å². The van der Waals surface area contributed by atoms with Gasteiger partial charge in [0.1, 0.15) is 5.75 Å². The Morgan fingerprint density at radius 2 is 1.95 bits per heavy atom. The highest BCUT2D eigenvalue weighted by Gasteiger charge is 2.35. The van der Waals surface area contributed by atoms with E-state index in [1.54, 1.807) is 12.1 Å². The topological polar surface area (TPSA) is 29.5 Å². The van der Waals surface area contributed by atoms with Crippen molar-refractivity contribution in [1.82, 2.24) is 0 Å². The number of aliphatic hydroxyl groups is 1. The zero-order valence-electron chi connectivity index (χ0n) is 10.7. The monoisotopic (exact) mass is 274 g/mol. The molecule has 5 heteroatoms. The summed E-state index contributed by atoms with van der Waals surface area (Å²) in [5.74, 6) is 0.265. The number of alkyl halides is 3. The molecule has 1 aromatic rings. The van der Waals surface area contributed by atoms with Crippen molar-refractivity contribution in [3.8, 4) is 5.75 Å². The van der Waals surface area contributed by atoms with Gasteiger partial charge in [-0.05, 0) is 42.9 Å². The van der Waals surface area contributed by atoms with Gasteiger partial charge < -0.3 is 9.84 Å². The Morgan fingerprint density at radius 1 is 1.32 bits per heavy atom. The van der Waals surface area contributed by atoms with Crippen LogP contribution in [0.5, 0.6) is 5.75 Å². The van der Waals surface area contributed by atoms with Crippen molar-refractivity contribution in [1.29, 1.82) is 0 Å². The van der Waals surface area contributed by atoms with Crippen molar-refractivity contribution in [3.05, 3.63) is 29.8 Å². The van der Waals surface area contributed by atoms with E-state index in [9.17, 15) is 18.3 Å². The molecule has 1 saturated carbocycles. The van der Waals surface area contributed by atoms with Crippen LogP contribution in [0.15, 0.2) is 24.3 Å². The van der Waals surface area contributed by atoms with Gasteiger partial charge in [0.25, 0.3) is 0 Å². The van der Waals surface area contributed by atoms with Gasteiger partial charge in [0.05, 0.1) is 5.60 Å². The van der Waals surface area contributed by atoms with Crippen LogP contribution in [0.2, 0.25) is 0 Å². The Kier molecular flexibility index (Phi) is 3.76. The summed E-state index contributed by atoms with van der Waals surface area (Å²) < 4.78 is 39.8. The maximum atomic E-state index is 12.0. The third-order valence-corrected chi connectivity index (χ3v) is 3.52. The first kappa shape index (κ1) is 14.2. The van der Waals surface area contributed by atoms with Crippen LogP contribution in [0.1, 0.15) is 31.7 Å². The molecule has 2 rings (SSSR count). The Balaban J connectivity index is 1.99. The Hall–Kier alpha value is -1.23. The van der Waals surface area contributed by atoms with Crippen molar-refractivity contribution in [2.45, 2.75) is 44.6 Å². The van der Waals surface area contributed by atoms with Gasteiger partial charge in [0, 0.05) is 6.42 Å². The van der Waals surface area contributed by atoms with Crippen LogP contribution in [0.25, 0.3) is 0 Å². The van der Waals surface area contributed by atoms with Crippen molar-refractivity contribution < 1.29 is 23.0 Å². The molecule has 106 valence electrons. The van der Waals surface area contributed by atoms with E-state index in [1.807, 2.05) is 0 Å². The molecule has 1 N–H and O–H groups in total. The second-order valence-electron chi connectivity index (χ2n) is 5.44. The highest BCUT2D eigenvalue weighted by Crippen LogP contribution is 2.36. The van der Waals surface area contributed by atoms with Crippen LogP contribution in [-0.4, -0.2) is 17.1 Å². The third-order valence-electron chi connectivity index (χ3n) is 3.52. The number of benzene rings is 1. The first-order chi connectivity index (χ1) is 8.76. The van der Waals surface area contributed by atoms with Crippen molar-refractivity contribution in [2.24, 2.45) is 5.92 Å². The van der Waals surface area contributed by atoms with Crippen LogP contribution >= 0.6 is 0 Å². The van der Waals surface area contributed by atoms with E-state index in [0.29, 0.717) is 12.3 Å². The normalized spacial score (nSPS) is 27.5. The molecule has 1 aliphatic carbocycles. The second kappa shape index (κ2) is 5.04. The SMILES string of the molecule is CC1CCC(O)(Cc2ccc(OC(F)(F)F)cc2)C1. The van der Waals surface area contributed by atoms with E-state index in [0.717, 1.165) is 24.8 Å². The zero-order chi connectivity index (χ0) is 14.1. The molecule has 19 heavy (non-hydrogen) atoms. The lowest BCUT2D eigenvalue weighted by Gasteiger charge is -2.22. The van der Waals surface area contributed by atoms with Crippen molar-refractivity contribution in [2.75, 3.05) is 0 Å². The molecule has 1 aliphatic rings. The van der Waals surface area contributed by atoms with E-state index in [-0.39, 0.29) is 5.75 Å². The maximum Gasteiger partial charge on any atom is 0.573 e. The molecule has 0 bridgehead atoms. The van der Waals surface area contributed by atoms with Gasteiger partial charge >= 0.3 is 6.36 Å². The molecule has 1 aromatic carbocycles.